The molecule has 0 spiro atoms. The number of piperazine rings is 1. The zero-order chi connectivity index (χ0) is 11.6. The Bertz CT molecular complexity index is 203. The topological polar surface area (TPSA) is 32.5 Å². The van der Waals surface area contributed by atoms with Gasteiger partial charge in [0, 0.05) is 37.3 Å². The molecule has 1 saturated heterocycles. The van der Waals surface area contributed by atoms with Crippen molar-refractivity contribution in [2.75, 3.05) is 26.7 Å². The van der Waals surface area contributed by atoms with Crippen molar-refractivity contribution in [1.29, 1.82) is 0 Å². The van der Waals surface area contributed by atoms with E-state index in [2.05, 4.69) is 44.5 Å². The molecule has 15 heavy (non-hydrogen) atoms. The summed E-state index contributed by atoms with van der Waals surface area (Å²) in [5.41, 5.74) is 6.09. The van der Waals surface area contributed by atoms with Gasteiger partial charge in [0.2, 0.25) is 0 Å². The van der Waals surface area contributed by atoms with Crippen LogP contribution < -0.4 is 5.73 Å². The van der Waals surface area contributed by atoms with Gasteiger partial charge in [0.1, 0.15) is 0 Å². The second-order valence-electron chi connectivity index (χ2n) is 5.50. The van der Waals surface area contributed by atoms with Gasteiger partial charge in [-0.05, 0) is 34.2 Å². The Morgan fingerprint density at radius 2 is 2.07 bits per heavy atom. The Hall–Kier alpha value is -0.120. The SMILES string of the molecule is CCC(C)N1CC(CN)N(C)C(C)(C)C1. The van der Waals surface area contributed by atoms with Crippen molar-refractivity contribution in [3.63, 3.8) is 0 Å². The molecule has 0 saturated carbocycles. The summed E-state index contributed by atoms with van der Waals surface area (Å²) in [6, 6.07) is 1.18. The van der Waals surface area contributed by atoms with Gasteiger partial charge >= 0.3 is 0 Å². The summed E-state index contributed by atoms with van der Waals surface area (Å²) in [4.78, 5) is 5.02. The van der Waals surface area contributed by atoms with Crippen LogP contribution in [0.25, 0.3) is 0 Å². The van der Waals surface area contributed by atoms with Gasteiger partial charge in [0.25, 0.3) is 0 Å². The number of hydrogen-bond acceptors (Lipinski definition) is 3. The Morgan fingerprint density at radius 1 is 1.47 bits per heavy atom. The lowest BCUT2D eigenvalue weighted by molar-refractivity contribution is -0.0191. The Balaban J connectivity index is 2.73. The largest absolute Gasteiger partial charge is 0.329 e. The van der Waals surface area contributed by atoms with Gasteiger partial charge in [0.15, 0.2) is 0 Å². The monoisotopic (exact) mass is 213 g/mol. The first kappa shape index (κ1) is 12.9. The van der Waals surface area contributed by atoms with E-state index in [4.69, 9.17) is 5.73 Å². The van der Waals surface area contributed by atoms with Crippen molar-refractivity contribution in [3.05, 3.63) is 0 Å². The third kappa shape index (κ3) is 2.71. The molecule has 0 radical (unpaired) electrons. The smallest absolute Gasteiger partial charge is 0.0348 e. The summed E-state index contributed by atoms with van der Waals surface area (Å²) in [6.45, 7) is 12.2. The van der Waals surface area contributed by atoms with Gasteiger partial charge in [-0.3, -0.25) is 9.80 Å². The third-order valence-corrected chi connectivity index (χ3v) is 4.02. The quantitative estimate of drug-likeness (QED) is 0.763. The molecule has 1 rings (SSSR count). The second-order valence-corrected chi connectivity index (χ2v) is 5.50. The maximum Gasteiger partial charge on any atom is 0.0348 e. The summed E-state index contributed by atoms with van der Waals surface area (Å²) >= 11 is 0. The van der Waals surface area contributed by atoms with Gasteiger partial charge < -0.3 is 5.73 Å². The lowest BCUT2D eigenvalue weighted by atomic mass is 9.94. The highest BCUT2D eigenvalue weighted by molar-refractivity contribution is 4.95. The van der Waals surface area contributed by atoms with E-state index in [1.54, 1.807) is 0 Å². The molecule has 1 aliphatic heterocycles. The fourth-order valence-corrected chi connectivity index (χ4v) is 2.39. The lowest BCUT2D eigenvalue weighted by Crippen LogP contribution is -2.65. The minimum absolute atomic E-state index is 0.242. The molecule has 0 aliphatic carbocycles. The normalized spacial score (nSPS) is 30.4. The number of nitrogens with two attached hydrogens (primary N) is 1. The Kier molecular flexibility index (Phi) is 4.15. The molecule has 1 fully saturated rings. The van der Waals surface area contributed by atoms with Crippen LogP contribution in [0.4, 0.5) is 0 Å². The van der Waals surface area contributed by atoms with E-state index < -0.39 is 0 Å². The second kappa shape index (κ2) is 4.81. The summed E-state index contributed by atoms with van der Waals surface area (Å²) in [6.07, 6.45) is 1.22. The van der Waals surface area contributed by atoms with Gasteiger partial charge in [0.05, 0.1) is 0 Å². The van der Waals surface area contributed by atoms with E-state index in [1.165, 1.54) is 6.42 Å². The fraction of sp³-hybridized carbons (Fsp3) is 1.00. The molecule has 2 atom stereocenters. The van der Waals surface area contributed by atoms with Crippen LogP contribution in [-0.2, 0) is 0 Å². The zero-order valence-electron chi connectivity index (χ0n) is 11.0. The number of likely N-dealkylation sites (N-methyl/N-ethyl adjacent to an activating group) is 1. The fourth-order valence-electron chi connectivity index (χ4n) is 2.39. The van der Waals surface area contributed by atoms with E-state index in [1.807, 2.05) is 0 Å². The van der Waals surface area contributed by atoms with E-state index in [-0.39, 0.29) is 5.54 Å². The summed E-state index contributed by atoms with van der Waals surface area (Å²) < 4.78 is 0. The molecule has 1 aliphatic rings. The molecule has 0 aromatic rings. The Labute approximate surface area is 94.6 Å². The summed E-state index contributed by atoms with van der Waals surface area (Å²) in [5, 5.41) is 0. The molecule has 0 bridgehead atoms. The minimum Gasteiger partial charge on any atom is -0.329 e. The number of hydrogen-bond donors (Lipinski definition) is 1. The molecular weight excluding hydrogens is 186 g/mol. The molecule has 0 aromatic heterocycles. The number of rotatable bonds is 3. The van der Waals surface area contributed by atoms with Gasteiger partial charge in [-0.1, -0.05) is 6.92 Å². The molecule has 3 nitrogen and oxygen atoms in total. The van der Waals surface area contributed by atoms with Crippen molar-refractivity contribution in [2.45, 2.75) is 51.7 Å². The molecule has 2 unspecified atom stereocenters. The van der Waals surface area contributed by atoms with E-state index >= 15 is 0 Å². The molecule has 90 valence electrons. The van der Waals surface area contributed by atoms with E-state index in [0.717, 1.165) is 19.6 Å². The zero-order valence-corrected chi connectivity index (χ0v) is 11.0. The molecule has 3 heteroatoms. The van der Waals surface area contributed by atoms with E-state index in [9.17, 15) is 0 Å². The molecule has 0 amide bonds. The van der Waals surface area contributed by atoms with Gasteiger partial charge in [-0.15, -0.1) is 0 Å². The third-order valence-electron chi connectivity index (χ3n) is 4.02. The molecule has 0 aromatic carbocycles. The van der Waals surface area contributed by atoms with Crippen LogP contribution in [0.2, 0.25) is 0 Å². The van der Waals surface area contributed by atoms with Crippen LogP contribution in [0, 0.1) is 0 Å². The van der Waals surface area contributed by atoms with Gasteiger partial charge in [-0.25, -0.2) is 0 Å². The van der Waals surface area contributed by atoms with Crippen molar-refractivity contribution in [2.24, 2.45) is 5.73 Å². The van der Waals surface area contributed by atoms with Crippen molar-refractivity contribution < 1.29 is 0 Å². The maximum absolute atomic E-state index is 5.85. The first-order chi connectivity index (χ1) is 6.92. The van der Waals surface area contributed by atoms with Crippen molar-refractivity contribution in [3.8, 4) is 0 Å². The first-order valence-corrected chi connectivity index (χ1v) is 6.09. The van der Waals surface area contributed by atoms with Crippen LogP contribution in [0.15, 0.2) is 0 Å². The number of nitrogens with zero attached hydrogens (tertiary/aromatic N) is 2. The predicted octanol–water partition coefficient (Wildman–Crippen LogP) is 1.14. The maximum atomic E-state index is 5.85. The molecule has 1 heterocycles. The van der Waals surface area contributed by atoms with Crippen LogP contribution >= 0.6 is 0 Å². The summed E-state index contributed by atoms with van der Waals surface area (Å²) in [5.74, 6) is 0. The minimum atomic E-state index is 0.242. The average Bonchev–Trinajstić information content (AvgIpc) is 2.20. The standard InChI is InChI=1S/C12H27N3/c1-6-10(2)15-8-11(7-13)14(5)12(3,4)9-15/h10-11H,6-9,13H2,1-5H3. The van der Waals surface area contributed by atoms with Crippen molar-refractivity contribution in [1.82, 2.24) is 9.80 Å². The first-order valence-electron chi connectivity index (χ1n) is 6.09. The van der Waals surface area contributed by atoms with E-state index in [0.29, 0.717) is 12.1 Å². The van der Waals surface area contributed by atoms with Crippen LogP contribution in [0.3, 0.4) is 0 Å². The van der Waals surface area contributed by atoms with Crippen LogP contribution in [0.5, 0.6) is 0 Å². The van der Waals surface area contributed by atoms with Crippen molar-refractivity contribution >= 4 is 0 Å². The van der Waals surface area contributed by atoms with Gasteiger partial charge in [-0.2, -0.15) is 0 Å². The Morgan fingerprint density at radius 3 is 2.53 bits per heavy atom. The highest BCUT2D eigenvalue weighted by Gasteiger charge is 2.37. The predicted molar refractivity (Wildman–Crippen MR) is 66.0 cm³/mol. The summed E-state index contributed by atoms with van der Waals surface area (Å²) in [7, 11) is 2.20. The lowest BCUT2D eigenvalue weighted by Gasteiger charge is -2.51. The van der Waals surface area contributed by atoms with Crippen LogP contribution in [0.1, 0.15) is 34.1 Å². The highest BCUT2D eigenvalue weighted by atomic mass is 15.3. The molecule has 2 N–H and O–H groups in total. The highest BCUT2D eigenvalue weighted by Crippen LogP contribution is 2.24. The molecular formula is C12H27N3. The van der Waals surface area contributed by atoms with Crippen LogP contribution in [-0.4, -0.2) is 54.1 Å². The average molecular weight is 213 g/mol.